The third-order valence-electron chi connectivity index (χ3n) is 5.55. The van der Waals surface area contributed by atoms with Crippen molar-refractivity contribution in [3.8, 4) is 0 Å². The van der Waals surface area contributed by atoms with Crippen molar-refractivity contribution < 1.29 is 18.4 Å². The molecule has 0 amide bonds. The molecule has 0 aromatic heterocycles. The lowest BCUT2D eigenvalue weighted by molar-refractivity contribution is -0.384. The van der Waals surface area contributed by atoms with Crippen molar-refractivity contribution in [1.82, 2.24) is 0 Å². The number of sulfonamides is 1. The summed E-state index contributed by atoms with van der Waals surface area (Å²) in [7, 11) is -4.00. The number of nitro benzene ring substituents is 1. The van der Waals surface area contributed by atoms with Crippen LogP contribution in [0.3, 0.4) is 0 Å². The first-order chi connectivity index (χ1) is 14.2. The van der Waals surface area contributed by atoms with Crippen LogP contribution in [0.5, 0.6) is 0 Å². The van der Waals surface area contributed by atoms with Crippen LogP contribution in [-0.2, 0) is 10.0 Å². The fraction of sp³-hybridized carbons (Fsp3) is 0.429. The number of rotatable bonds is 8. The van der Waals surface area contributed by atoms with E-state index in [1.54, 1.807) is 19.1 Å². The summed E-state index contributed by atoms with van der Waals surface area (Å²) in [6.07, 6.45) is 3.48. The fourth-order valence-electron chi connectivity index (χ4n) is 3.83. The van der Waals surface area contributed by atoms with E-state index < -0.39 is 21.1 Å². The first-order valence-corrected chi connectivity index (χ1v) is 11.5. The van der Waals surface area contributed by atoms with E-state index in [9.17, 15) is 23.6 Å². The SMILES string of the molecule is Cc1ccc(NS(=O)(=O)c2ccc(NCC(O)C3CCCC3)c([N+](=O)[O-])c2)c(C)c1. The Morgan fingerprint density at radius 1 is 1.13 bits per heavy atom. The fourth-order valence-corrected chi connectivity index (χ4v) is 4.98. The quantitative estimate of drug-likeness (QED) is 0.428. The molecule has 0 saturated heterocycles. The zero-order valence-corrected chi connectivity index (χ0v) is 17.9. The minimum atomic E-state index is -4.00. The van der Waals surface area contributed by atoms with Gasteiger partial charge in [0.25, 0.3) is 15.7 Å². The standard InChI is InChI=1S/C21H27N3O5S/c1-14-7-9-18(15(2)11-14)23-30(28,29)17-8-10-19(20(12-17)24(26)27)22-13-21(25)16-5-3-4-6-16/h7-12,16,21-23,25H,3-6,13H2,1-2H3. The summed E-state index contributed by atoms with van der Waals surface area (Å²) in [4.78, 5) is 10.7. The number of anilines is 2. The second kappa shape index (κ2) is 9.01. The molecule has 0 heterocycles. The average molecular weight is 434 g/mol. The van der Waals surface area contributed by atoms with Crippen molar-refractivity contribution in [2.45, 2.75) is 50.5 Å². The van der Waals surface area contributed by atoms with Gasteiger partial charge in [-0.1, -0.05) is 30.5 Å². The van der Waals surface area contributed by atoms with Gasteiger partial charge in [-0.05, 0) is 56.4 Å². The van der Waals surface area contributed by atoms with Crippen LogP contribution in [0, 0.1) is 29.9 Å². The molecule has 1 aliphatic rings. The first-order valence-electron chi connectivity index (χ1n) is 9.98. The summed E-state index contributed by atoms with van der Waals surface area (Å²) in [6.45, 7) is 3.87. The van der Waals surface area contributed by atoms with Crippen LogP contribution in [0.2, 0.25) is 0 Å². The summed E-state index contributed by atoms with van der Waals surface area (Å²) < 4.78 is 28.0. The Labute approximate surface area is 176 Å². The van der Waals surface area contributed by atoms with E-state index in [0.29, 0.717) is 5.69 Å². The Hall–Kier alpha value is -2.65. The van der Waals surface area contributed by atoms with Crippen LogP contribution in [0.25, 0.3) is 0 Å². The number of aliphatic hydroxyl groups is 1. The largest absolute Gasteiger partial charge is 0.391 e. The van der Waals surface area contributed by atoms with Crippen molar-refractivity contribution in [3.63, 3.8) is 0 Å². The van der Waals surface area contributed by atoms with E-state index >= 15 is 0 Å². The minimum absolute atomic E-state index is 0.179. The molecule has 8 nitrogen and oxygen atoms in total. The number of benzene rings is 2. The van der Waals surface area contributed by atoms with Crippen molar-refractivity contribution in [2.75, 3.05) is 16.6 Å². The van der Waals surface area contributed by atoms with E-state index in [1.807, 2.05) is 13.0 Å². The molecular formula is C21H27N3O5S. The predicted octanol–water partition coefficient (Wildman–Crippen LogP) is 3.98. The van der Waals surface area contributed by atoms with Gasteiger partial charge in [0.15, 0.2) is 0 Å². The van der Waals surface area contributed by atoms with Gasteiger partial charge in [-0.3, -0.25) is 14.8 Å². The van der Waals surface area contributed by atoms with Crippen molar-refractivity contribution in [3.05, 3.63) is 57.6 Å². The predicted molar refractivity (Wildman–Crippen MR) is 116 cm³/mol. The van der Waals surface area contributed by atoms with Gasteiger partial charge >= 0.3 is 0 Å². The van der Waals surface area contributed by atoms with Gasteiger partial charge in [-0.2, -0.15) is 0 Å². The van der Waals surface area contributed by atoms with E-state index in [-0.39, 0.29) is 28.7 Å². The maximum absolute atomic E-state index is 12.8. The highest BCUT2D eigenvalue weighted by Gasteiger charge is 2.25. The van der Waals surface area contributed by atoms with E-state index in [0.717, 1.165) is 42.9 Å². The van der Waals surface area contributed by atoms with Gasteiger partial charge in [-0.25, -0.2) is 8.42 Å². The molecule has 0 aliphatic heterocycles. The molecule has 2 aromatic carbocycles. The molecule has 1 saturated carbocycles. The van der Waals surface area contributed by atoms with Crippen LogP contribution in [0.4, 0.5) is 17.1 Å². The van der Waals surface area contributed by atoms with E-state index in [1.165, 1.54) is 12.1 Å². The van der Waals surface area contributed by atoms with Gasteiger partial charge < -0.3 is 10.4 Å². The molecule has 2 aromatic rings. The summed E-state index contributed by atoms with van der Waals surface area (Å²) in [5, 5.41) is 24.7. The Balaban J connectivity index is 1.80. The van der Waals surface area contributed by atoms with Crippen LogP contribution in [0.1, 0.15) is 36.8 Å². The molecule has 1 fully saturated rings. The van der Waals surface area contributed by atoms with Crippen molar-refractivity contribution in [2.24, 2.45) is 5.92 Å². The highest BCUT2D eigenvalue weighted by molar-refractivity contribution is 7.92. The molecular weight excluding hydrogens is 406 g/mol. The lowest BCUT2D eigenvalue weighted by Crippen LogP contribution is -2.27. The molecule has 1 unspecified atom stereocenters. The molecule has 1 atom stereocenters. The number of hydrogen-bond donors (Lipinski definition) is 3. The molecule has 0 radical (unpaired) electrons. The van der Waals surface area contributed by atoms with Crippen LogP contribution < -0.4 is 10.0 Å². The molecule has 9 heteroatoms. The number of hydrogen-bond acceptors (Lipinski definition) is 6. The highest BCUT2D eigenvalue weighted by atomic mass is 32.2. The molecule has 1 aliphatic carbocycles. The van der Waals surface area contributed by atoms with Crippen molar-refractivity contribution >= 4 is 27.1 Å². The summed E-state index contributed by atoms with van der Waals surface area (Å²) in [5.74, 6) is 0.193. The van der Waals surface area contributed by atoms with Gasteiger partial charge in [0.2, 0.25) is 0 Å². The molecule has 3 rings (SSSR count). The second-order valence-electron chi connectivity index (χ2n) is 7.85. The Morgan fingerprint density at radius 2 is 1.80 bits per heavy atom. The summed E-state index contributed by atoms with van der Waals surface area (Å²) in [5.41, 5.74) is 2.01. The van der Waals surface area contributed by atoms with Gasteiger partial charge in [-0.15, -0.1) is 0 Å². The zero-order chi connectivity index (χ0) is 21.9. The van der Waals surface area contributed by atoms with Crippen LogP contribution in [0.15, 0.2) is 41.3 Å². The lowest BCUT2D eigenvalue weighted by atomic mass is 10.0. The van der Waals surface area contributed by atoms with E-state index in [4.69, 9.17) is 0 Å². The van der Waals surface area contributed by atoms with Gasteiger partial charge in [0.05, 0.1) is 21.6 Å². The molecule has 0 bridgehead atoms. The monoisotopic (exact) mass is 433 g/mol. The molecule has 162 valence electrons. The number of aliphatic hydroxyl groups excluding tert-OH is 1. The second-order valence-corrected chi connectivity index (χ2v) is 9.54. The number of nitrogens with one attached hydrogen (secondary N) is 2. The van der Waals surface area contributed by atoms with Gasteiger partial charge in [0.1, 0.15) is 5.69 Å². The Morgan fingerprint density at radius 3 is 2.43 bits per heavy atom. The van der Waals surface area contributed by atoms with Gasteiger partial charge in [0, 0.05) is 12.6 Å². The number of nitrogens with zero attached hydrogens (tertiary/aromatic N) is 1. The normalized spacial score (nSPS) is 15.7. The maximum atomic E-state index is 12.8. The van der Waals surface area contributed by atoms with E-state index in [2.05, 4.69) is 10.0 Å². The smallest absolute Gasteiger partial charge is 0.293 e. The van der Waals surface area contributed by atoms with Crippen LogP contribution >= 0.6 is 0 Å². The zero-order valence-electron chi connectivity index (χ0n) is 17.1. The number of aryl methyl sites for hydroxylation is 2. The minimum Gasteiger partial charge on any atom is -0.391 e. The Bertz CT molecular complexity index is 1030. The maximum Gasteiger partial charge on any atom is 0.293 e. The third-order valence-corrected chi connectivity index (χ3v) is 6.91. The molecule has 3 N–H and O–H groups in total. The summed E-state index contributed by atoms with van der Waals surface area (Å²) in [6, 6.07) is 9.03. The third kappa shape index (κ3) is 5.09. The highest BCUT2D eigenvalue weighted by Crippen LogP contribution is 2.31. The first kappa shape index (κ1) is 22.0. The number of nitro groups is 1. The topological polar surface area (TPSA) is 122 Å². The molecule has 30 heavy (non-hydrogen) atoms. The van der Waals surface area contributed by atoms with Crippen LogP contribution in [-0.4, -0.2) is 31.1 Å². The average Bonchev–Trinajstić information content (AvgIpc) is 3.23. The lowest BCUT2D eigenvalue weighted by Gasteiger charge is -2.19. The van der Waals surface area contributed by atoms with Crippen molar-refractivity contribution in [1.29, 1.82) is 0 Å². The Kier molecular flexibility index (Phi) is 6.62. The summed E-state index contributed by atoms with van der Waals surface area (Å²) >= 11 is 0. The molecule has 0 spiro atoms.